The second-order valence-electron chi connectivity index (χ2n) is 15.3. The second kappa shape index (κ2) is 35.7. The maximum Gasteiger partial charge on any atom is 0.220 e. The van der Waals surface area contributed by atoms with Gasteiger partial charge in [0.2, 0.25) is 11.8 Å². The molecule has 0 spiro atoms. The monoisotopic (exact) mass is 681 g/mol. The van der Waals surface area contributed by atoms with Crippen molar-refractivity contribution < 1.29 is 19.8 Å². The van der Waals surface area contributed by atoms with Gasteiger partial charge in [-0.15, -0.1) is 0 Å². The van der Waals surface area contributed by atoms with Gasteiger partial charge < -0.3 is 21.7 Å². The number of carbonyl (C=O) groups is 2. The molecule has 6 nitrogen and oxygen atoms in total. The molecule has 48 heavy (non-hydrogen) atoms. The number of hydrogen-bond acceptors (Lipinski definition) is 4. The number of primary amides is 2. The summed E-state index contributed by atoms with van der Waals surface area (Å²) >= 11 is 0. The van der Waals surface area contributed by atoms with Crippen molar-refractivity contribution in [1.29, 1.82) is 0 Å². The van der Waals surface area contributed by atoms with Gasteiger partial charge in [0.25, 0.3) is 0 Å². The summed E-state index contributed by atoms with van der Waals surface area (Å²) < 4.78 is 0. The van der Waals surface area contributed by atoms with E-state index in [1.165, 1.54) is 103 Å². The van der Waals surface area contributed by atoms with Crippen molar-refractivity contribution in [2.45, 2.75) is 244 Å². The molecule has 0 aliphatic carbocycles. The highest BCUT2D eigenvalue weighted by Crippen LogP contribution is 2.22. The van der Waals surface area contributed by atoms with E-state index in [0.717, 1.165) is 116 Å². The third kappa shape index (κ3) is 32.1. The highest BCUT2D eigenvalue weighted by Gasteiger charge is 2.16. The van der Waals surface area contributed by atoms with E-state index in [2.05, 4.69) is 13.8 Å². The number of unbranched alkanes of at least 4 members (excludes halogenated alkanes) is 21. The molecule has 286 valence electrons. The van der Waals surface area contributed by atoms with Crippen LogP contribution in [0.1, 0.15) is 232 Å². The van der Waals surface area contributed by atoms with Crippen LogP contribution in [0.2, 0.25) is 0 Å². The molecule has 0 aromatic carbocycles. The summed E-state index contributed by atoms with van der Waals surface area (Å²) in [6.07, 6.45) is 37.9. The van der Waals surface area contributed by atoms with Crippen LogP contribution in [0.5, 0.6) is 0 Å². The van der Waals surface area contributed by atoms with Crippen LogP contribution < -0.4 is 11.5 Å². The minimum atomic E-state index is -0.149. The Morgan fingerprint density at radius 3 is 0.750 bits per heavy atom. The second-order valence-corrected chi connectivity index (χ2v) is 15.3. The Morgan fingerprint density at radius 1 is 0.354 bits per heavy atom. The summed E-state index contributed by atoms with van der Waals surface area (Å²) in [5.74, 6) is -0.309. The van der Waals surface area contributed by atoms with E-state index >= 15 is 0 Å². The third-order valence-electron chi connectivity index (χ3n) is 10.6. The fourth-order valence-electron chi connectivity index (χ4n) is 7.20. The lowest BCUT2D eigenvalue weighted by Gasteiger charge is -2.14. The lowest BCUT2D eigenvalue weighted by Crippen LogP contribution is -2.23. The Hall–Kier alpha value is -1.14. The smallest absolute Gasteiger partial charge is 0.220 e. The first-order valence-corrected chi connectivity index (χ1v) is 21.3. The largest absolute Gasteiger partial charge is 0.393 e. The molecule has 0 radical (unpaired) electrons. The summed E-state index contributed by atoms with van der Waals surface area (Å²) in [5, 5.41) is 20.2. The van der Waals surface area contributed by atoms with Gasteiger partial charge in [0.1, 0.15) is 0 Å². The predicted molar refractivity (Wildman–Crippen MR) is 206 cm³/mol. The molecule has 0 aliphatic rings. The van der Waals surface area contributed by atoms with Gasteiger partial charge in [0.15, 0.2) is 0 Å². The molecule has 0 saturated heterocycles. The Bertz CT molecular complexity index is 645. The summed E-state index contributed by atoms with van der Waals surface area (Å²) in [4.78, 5) is 24.0. The van der Waals surface area contributed by atoms with Crippen LogP contribution >= 0.6 is 0 Å². The number of amides is 2. The average Bonchev–Trinajstić information content (AvgIpc) is 3.06. The molecule has 2 amide bonds. The zero-order chi connectivity index (χ0) is 35.5. The van der Waals surface area contributed by atoms with Gasteiger partial charge in [-0.1, -0.05) is 181 Å². The van der Waals surface area contributed by atoms with Crippen LogP contribution in [0.3, 0.4) is 0 Å². The van der Waals surface area contributed by atoms with E-state index in [1.54, 1.807) is 0 Å². The summed E-state index contributed by atoms with van der Waals surface area (Å²) in [6.45, 7) is 4.44. The van der Waals surface area contributed by atoms with E-state index in [4.69, 9.17) is 11.5 Å². The van der Waals surface area contributed by atoms with Crippen LogP contribution in [-0.2, 0) is 9.59 Å². The maximum absolute atomic E-state index is 12.0. The van der Waals surface area contributed by atoms with Crippen molar-refractivity contribution in [2.75, 3.05) is 0 Å². The van der Waals surface area contributed by atoms with Gasteiger partial charge in [-0.25, -0.2) is 0 Å². The Morgan fingerprint density at radius 2 is 0.542 bits per heavy atom. The van der Waals surface area contributed by atoms with E-state index in [-0.39, 0.29) is 35.9 Å². The summed E-state index contributed by atoms with van der Waals surface area (Å²) in [7, 11) is 0. The van der Waals surface area contributed by atoms with Crippen LogP contribution in [0.4, 0.5) is 0 Å². The molecule has 0 aromatic heterocycles. The first kappa shape index (κ1) is 46.9. The van der Waals surface area contributed by atoms with Crippen molar-refractivity contribution in [3.63, 3.8) is 0 Å². The van der Waals surface area contributed by atoms with Crippen molar-refractivity contribution in [2.24, 2.45) is 23.3 Å². The summed E-state index contributed by atoms with van der Waals surface area (Å²) in [6, 6.07) is 0. The molecule has 0 fully saturated rings. The predicted octanol–water partition coefficient (Wildman–Crippen LogP) is 11.2. The molecule has 6 N–H and O–H groups in total. The molecular formula is C42H84N2O4. The summed E-state index contributed by atoms with van der Waals surface area (Å²) in [5.41, 5.74) is 11.5. The van der Waals surface area contributed by atoms with Crippen molar-refractivity contribution in [1.82, 2.24) is 0 Å². The van der Waals surface area contributed by atoms with Gasteiger partial charge in [-0.3, -0.25) is 9.59 Å². The minimum absolute atomic E-state index is 0.00547. The molecule has 0 saturated carbocycles. The molecule has 4 atom stereocenters. The Labute approximate surface area is 298 Å². The van der Waals surface area contributed by atoms with Crippen LogP contribution in [0, 0.1) is 11.8 Å². The number of hydrogen-bond donors (Lipinski definition) is 4. The Balaban J connectivity index is 3.75. The highest BCUT2D eigenvalue weighted by molar-refractivity contribution is 5.76. The van der Waals surface area contributed by atoms with Gasteiger partial charge in [-0.2, -0.15) is 0 Å². The number of aliphatic hydroxyl groups excluding tert-OH is 2. The molecule has 4 unspecified atom stereocenters. The first-order chi connectivity index (χ1) is 23.3. The number of carbonyl (C=O) groups excluding carboxylic acids is 2. The number of aliphatic hydroxyl groups is 2. The van der Waals surface area contributed by atoms with Gasteiger partial charge in [-0.05, 0) is 51.4 Å². The van der Waals surface area contributed by atoms with E-state index in [0.29, 0.717) is 0 Å². The van der Waals surface area contributed by atoms with Crippen molar-refractivity contribution in [3.8, 4) is 0 Å². The lowest BCUT2D eigenvalue weighted by atomic mass is 9.92. The maximum atomic E-state index is 12.0. The number of rotatable bonds is 39. The normalized spacial score (nSPS) is 14.2. The molecule has 0 rings (SSSR count). The lowest BCUT2D eigenvalue weighted by molar-refractivity contribution is -0.123. The van der Waals surface area contributed by atoms with E-state index in [1.807, 2.05) is 0 Å². The van der Waals surface area contributed by atoms with Gasteiger partial charge in [0, 0.05) is 11.8 Å². The third-order valence-corrected chi connectivity index (χ3v) is 10.6. The topological polar surface area (TPSA) is 127 Å². The van der Waals surface area contributed by atoms with Crippen LogP contribution in [0.15, 0.2) is 0 Å². The standard InChI is InChI=1S/C42H84N2O4/c1-3-5-7-25-33-39(45)35-27-17-13-9-11-15-21-29-37(41(43)47)31-23-19-20-24-32-38(42(44)48)30-22-16-12-10-14-18-28-36-40(46)34-26-8-6-4-2/h37-40,45-46H,3-36H2,1-2H3,(H2,43,47)(H2,44,48). The average molecular weight is 681 g/mol. The molecule has 0 bridgehead atoms. The van der Waals surface area contributed by atoms with Gasteiger partial charge in [0.05, 0.1) is 12.2 Å². The molecule has 0 aliphatic heterocycles. The van der Waals surface area contributed by atoms with Crippen molar-refractivity contribution in [3.05, 3.63) is 0 Å². The van der Waals surface area contributed by atoms with E-state index in [9.17, 15) is 19.8 Å². The fourth-order valence-corrected chi connectivity index (χ4v) is 7.20. The fraction of sp³-hybridized carbons (Fsp3) is 0.952. The molecule has 0 aromatic rings. The van der Waals surface area contributed by atoms with E-state index < -0.39 is 0 Å². The van der Waals surface area contributed by atoms with Crippen LogP contribution in [-0.4, -0.2) is 34.2 Å². The minimum Gasteiger partial charge on any atom is -0.393 e. The highest BCUT2D eigenvalue weighted by atomic mass is 16.3. The zero-order valence-corrected chi connectivity index (χ0v) is 32.2. The van der Waals surface area contributed by atoms with Crippen molar-refractivity contribution >= 4 is 11.8 Å². The number of nitrogens with two attached hydrogens (primary N) is 2. The molecule has 6 heteroatoms. The van der Waals surface area contributed by atoms with Gasteiger partial charge >= 0.3 is 0 Å². The first-order valence-electron chi connectivity index (χ1n) is 21.3. The zero-order valence-electron chi connectivity index (χ0n) is 32.2. The molecule has 0 heterocycles. The van der Waals surface area contributed by atoms with Crippen LogP contribution in [0.25, 0.3) is 0 Å². The SMILES string of the molecule is CCCCCCC(O)CCCCCCCCCC(CCCCCCC(CCCCCCCCCC(O)CCCCCC)C(N)=O)C(N)=O. The molecular weight excluding hydrogens is 596 g/mol. The quantitative estimate of drug-likeness (QED) is 0.0482. The Kier molecular flexibility index (Phi) is 34.8.